The molecule has 1 atom stereocenters. The Kier molecular flexibility index (Phi) is 4.41. The molecule has 96 valence electrons. The minimum atomic E-state index is -0.772. The Morgan fingerprint density at radius 2 is 2.05 bits per heavy atom. The molecule has 0 heterocycles. The number of anilines is 1. The number of rotatable bonds is 3. The van der Waals surface area contributed by atoms with Crippen LogP contribution >= 0.6 is 27.5 Å². The quantitative estimate of drug-likeness (QED) is 0.861. The molecule has 5 heteroatoms. The molecule has 0 fully saturated rings. The van der Waals surface area contributed by atoms with Gasteiger partial charge in [0.15, 0.2) is 0 Å². The Hall–Kier alpha value is -1.57. The molecule has 1 unspecified atom stereocenters. The summed E-state index contributed by atoms with van der Waals surface area (Å²) >= 11 is 9.04. The summed E-state index contributed by atoms with van der Waals surface area (Å²) in [6, 6.07) is 12.9. The van der Waals surface area contributed by atoms with E-state index in [-0.39, 0.29) is 5.56 Å². The van der Waals surface area contributed by atoms with Crippen molar-refractivity contribution < 1.29 is 4.39 Å². The maximum absolute atomic E-state index is 13.8. The molecule has 0 radical (unpaired) electrons. The fourth-order valence-electron chi connectivity index (χ4n) is 1.66. The summed E-state index contributed by atoms with van der Waals surface area (Å²) in [5, 5.41) is 12.5. The summed E-state index contributed by atoms with van der Waals surface area (Å²) < 4.78 is 14.7. The van der Waals surface area contributed by atoms with E-state index in [1.54, 1.807) is 6.07 Å². The van der Waals surface area contributed by atoms with Gasteiger partial charge >= 0.3 is 0 Å². The summed E-state index contributed by atoms with van der Waals surface area (Å²) in [5.41, 5.74) is 1.00. The van der Waals surface area contributed by atoms with Crippen LogP contribution in [-0.4, -0.2) is 0 Å². The Morgan fingerprint density at radius 3 is 2.68 bits per heavy atom. The lowest BCUT2D eigenvalue weighted by Gasteiger charge is -2.14. The first-order valence-electron chi connectivity index (χ1n) is 5.47. The van der Waals surface area contributed by atoms with Crippen LogP contribution < -0.4 is 5.32 Å². The lowest BCUT2D eigenvalue weighted by atomic mass is 10.1. The number of halogens is 3. The minimum absolute atomic E-state index is 0.270. The molecule has 1 N–H and O–H groups in total. The van der Waals surface area contributed by atoms with Gasteiger partial charge in [0.25, 0.3) is 0 Å². The third-order valence-corrected chi connectivity index (χ3v) is 3.27. The summed E-state index contributed by atoms with van der Waals surface area (Å²) in [4.78, 5) is 0. The maximum atomic E-state index is 13.8. The van der Waals surface area contributed by atoms with Crippen LogP contribution in [0.1, 0.15) is 11.6 Å². The summed E-state index contributed by atoms with van der Waals surface area (Å²) in [6.45, 7) is 0. The van der Waals surface area contributed by atoms with Gasteiger partial charge in [-0.3, -0.25) is 0 Å². The van der Waals surface area contributed by atoms with Gasteiger partial charge in [-0.1, -0.05) is 39.7 Å². The van der Waals surface area contributed by atoms with Gasteiger partial charge in [0.1, 0.15) is 11.9 Å². The molecule has 2 aromatic carbocycles. The normalized spacial score (nSPS) is 11.7. The van der Waals surface area contributed by atoms with Gasteiger partial charge in [0, 0.05) is 20.7 Å². The zero-order valence-corrected chi connectivity index (χ0v) is 12.0. The fourth-order valence-corrected chi connectivity index (χ4v) is 2.22. The van der Waals surface area contributed by atoms with E-state index in [0.29, 0.717) is 5.02 Å². The third-order valence-electron chi connectivity index (χ3n) is 2.54. The average molecular weight is 340 g/mol. The maximum Gasteiger partial charge on any atom is 0.143 e. The van der Waals surface area contributed by atoms with Gasteiger partial charge in [0.05, 0.1) is 6.07 Å². The highest BCUT2D eigenvalue weighted by Gasteiger charge is 2.15. The van der Waals surface area contributed by atoms with Crippen LogP contribution in [0.15, 0.2) is 46.9 Å². The molecule has 19 heavy (non-hydrogen) atoms. The Morgan fingerprint density at radius 1 is 1.26 bits per heavy atom. The van der Waals surface area contributed by atoms with Crippen LogP contribution in [0, 0.1) is 17.1 Å². The van der Waals surface area contributed by atoms with Gasteiger partial charge in [-0.25, -0.2) is 4.39 Å². The van der Waals surface area contributed by atoms with Crippen molar-refractivity contribution in [2.24, 2.45) is 0 Å². The van der Waals surface area contributed by atoms with E-state index in [0.717, 1.165) is 10.2 Å². The van der Waals surface area contributed by atoms with Crippen molar-refractivity contribution in [3.63, 3.8) is 0 Å². The van der Waals surface area contributed by atoms with Crippen molar-refractivity contribution in [2.75, 3.05) is 5.32 Å². The van der Waals surface area contributed by atoms with E-state index in [2.05, 4.69) is 21.2 Å². The van der Waals surface area contributed by atoms with Crippen LogP contribution in [0.25, 0.3) is 0 Å². The van der Waals surface area contributed by atoms with Gasteiger partial charge in [0.2, 0.25) is 0 Å². The molecule has 0 aliphatic heterocycles. The predicted octanol–water partition coefficient (Wildman–Crippen LogP) is 4.92. The first kappa shape index (κ1) is 13.9. The molecular formula is C14H9BrClFN2. The molecule has 0 spiro atoms. The van der Waals surface area contributed by atoms with Crippen molar-refractivity contribution in [3.8, 4) is 6.07 Å². The van der Waals surface area contributed by atoms with E-state index in [1.165, 1.54) is 12.1 Å². The fraction of sp³-hybridized carbons (Fsp3) is 0.0714. The van der Waals surface area contributed by atoms with E-state index in [9.17, 15) is 9.65 Å². The smallest absolute Gasteiger partial charge is 0.143 e. The number of nitriles is 1. The lowest BCUT2D eigenvalue weighted by Crippen LogP contribution is -2.10. The Balaban J connectivity index is 2.28. The van der Waals surface area contributed by atoms with Crippen LogP contribution in [0.5, 0.6) is 0 Å². The summed E-state index contributed by atoms with van der Waals surface area (Å²) in [5.74, 6) is -0.499. The van der Waals surface area contributed by atoms with Crippen molar-refractivity contribution in [3.05, 3.63) is 63.3 Å². The van der Waals surface area contributed by atoms with Crippen LogP contribution in [-0.2, 0) is 0 Å². The zero-order valence-electron chi connectivity index (χ0n) is 9.70. The van der Waals surface area contributed by atoms with Gasteiger partial charge in [-0.05, 0) is 30.3 Å². The number of nitrogens with one attached hydrogen (secondary N) is 1. The average Bonchev–Trinajstić information content (AvgIpc) is 2.37. The topological polar surface area (TPSA) is 35.8 Å². The molecule has 0 aliphatic carbocycles. The number of hydrogen-bond donors (Lipinski definition) is 1. The monoisotopic (exact) mass is 338 g/mol. The second kappa shape index (κ2) is 6.05. The van der Waals surface area contributed by atoms with Gasteiger partial charge < -0.3 is 5.32 Å². The molecule has 0 saturated carbocycles. The highest BCUT2D eigenvalue weighted by molar-refractivity contribution is 9.10. The molecule has 2 aromatic rings. The molecule has 0 bridgehead atoms. The molecular weight excluding hydrogens is 331 g/mol. The van der Waals surface area contributed by atoms with E-state index >= 15 is 0 Å². The van der Waals surface area contributed by atoms with Crippen molar-refractivity contribution in [1.82, 2.24) is 0 Å². The standard InChI is InChI=1S/C14H9BrClFN2/c15-9-2-1-3-11(6-9)19-14(8-18)12-5-4-10(16)7-13(12)17/h1-7,14,19H. The second-order valence-corrected chi connectivity index (χ2v) is 5.23. The molecule has 0 saturated heterocycles. The van der Waals surface area contributed by atoms with Gasteiger partial charge in [-0.2, -0.15) is 5.26 Å². The van der Waals surface area contributed by atoms with Crippen LogP contribution in [0.2, 0.25) is 5.02 Å². The van der Waals surface area contributed by atoms with E-state index in [4.69, 9.17) is 11.6 Å². The molecule has 2 nitrogen and oxygen atoms in total. The molecule has 0 aliphatic rings. The van der Waals surface area contributed by atoms with Crippen molar-refractivity contribution >= 4 is 33.2 Å². The SMILES string of the molecule is N#CC(Nc1cccc(Br)c1)c1ccc(Cl)cc1F. The van der Waals surface area contributed by atoms with E-state index < -0.39 is 11.9 Å². The van der Waals surface area contributed by atoms with Crippen LogP contribution in [0.4, 0.5) is 10.1 Å². The first-order chi connectivity index (χ1) is 9.10. The highest BCUT2D eigenvalue weighted by atomic mass is 79.9. The lowest BCUT2D eigenvalue weighted by molar-refractivity contribution is 0.607. The summed E-state index contributed by atoms with van der Waals surface area (Å²) in [6.07, 6.45) is 0. The number of nitrogens with zero attached hydrogens (tertiary/aromatic N) is 1. The molecule has 0 amide bonds. The van der Waals surface area contributed by atoms with Crippen LogP contribution in [0.3, 0.4) is 0 Å². The molecule has 2 rings (SSSR count). The zero-order chi connectivity index (χ0) is 13.8. The second-order valence-electron chi connectivity index (χ2n) is 3.88. The number of benzene rings is 2. The predicted molar refractivity (Wildman–Crippen MR) is 77.5 cm³/mol. The minimum Gasteiger partial charge on any atom is -0.366 e. The number of hydrogen-bond acceptors (Lipinski definition) is 2. The Bertz CT molecular complexity index is 640. The first-order valence-corrected chi connectivity index (χ1v) is 6.64. The summed E-state index contributed by atoms with van der Waals surface area (Å²) in [7, 11) is 0. The largest absolute Gasteiger partial charge is 0.366 e. The van der Waals surface area contributed by atoms with Gasteiger partial charge in [-0.15, -0.1) is 0 Å². The highest BCUT2D eigenvalue weighted by Crippen LogP contribution is 2.25. The Labute approximate surface area is 123 Å². The van der Waals surface area contributed by atoms with Crippen molar-refractivity contribution in [1.29, 1.82) is 5.26 Å². The van der Waals surface area contributed by atoms with E-state index in [1.807, 2.05) is 30.3 Å². The van der Waals surface area contributed by atoms with Crippen molar-refractivity contribution in [2.45, 2.75) is 6.04 Å². The third kappa shape index (κ3) is 3.46. The molecule has 0 aromatic heterocycles.